The van der Waals surface area contributed by atoms with E-state index in [1.807, 2.05) is 19.1 Å². The molecule has 0 aliphatic heterocycles. The molecule has 3 aromatic rings. The van der Waals surface area contributed by atoms with Crippen LogP contribution in [-0.4, -0.2) is 21.1 Å². The number of carbonyl (C=O) groups is 1. The standard InChI is InChI=1S/C17H14BrN5O/c1-8-9(2)15(21-16(18)13(8)7-19)17(24)20-11-4-5-14-12(6-11)10(3)22-23-14/h4-6H,1-3H3,(H,20,24)(H,22,23). The maximum atomic E-state index is 12.6. The highest BCUT2D eigenvalue weighted by Crippen LogP contribution is 2.24. The van der Waals surface area contributed by atoms with Crippen LogP contribution in [0.2, 0.25) is 0 Å². The van der Waals surface area contributed by atoms with Crippen LogP contribution < -0.4 is 5.32 Å². The van der Waals surface area contributed by atoms with Crippen molar-refractivity contribution in [1.82, 2.24) is 15.2 Å². The van der Waals surface area contributed by atoms with E-state index < -0.39 is 0 Å². The number of aryl methyl sites for hydroxylation is 1. The van der Waals surface area contributed by atoms with E-state index in [-0.39, 0.29) is 5.91 Å². The summed E-state index contributed by atoms with van der Waals surface area (Å²) < 4.78 is 0.374. The third-order valence-electron chi connectivity index (χ3n) is 4.04. The van der Waals surface area contributed by atoms with Gasteiger partial charge < -0.3 is 5.32 Å². The molecule has 0 saturated heterocycles. The normalized spacial score (nSPS) is 10.6. The minimum Gasteiger partial charge on any atom is -0.321 e. The number of hydrogen-bond donors (Lipinski definition) is 2. The summed E-state index contributed by atoms with van der Waals surface area (Å²) in [5.41, 5.74) is 4.61. The van der Waals surface area contributed by atoms with Gasteiger partial charge in [-0.05, 0) is 66.0 Å². The molecule has 120 valence electrons. The van der Waals surface area contributed by atoms with Crippen LogP contribution in [0, 0.1) is 32.1 Å². The largest absolute Gasteiger partial charge is 0.321 e. The molecule has 24 heavy (non-hydrogen) atoms. The number of aromatic amines is 1. The number of nitrogens with one attached hydrogen (secondary N) is 2. The molecule has 0 saturated carbocycles. The van der Waals surface area contributed by atoms with Crippen molar-refractivity contribution in [2.75, 3.05) is 5.32 Å². The molecule has 6 nitrogen and oxygen atoms in total. The number of hydrogen-bond acceptors (Lipinski definition) is 4. The van der Waals surface area contributed by atoms with Crippen molar-refractivity contribution >= 4 is 38.4 Å². The number of fused-ring (bicyclic) bond motifs is 1. The van der Waals surface area contributed by atoms with Crippen molar-refractivity contribution in [3.63, 3.8) is 0 Å². The van der Waals surface area contributed by atoms with E-state index in [2.05, 4.69) is 42.5 Å². The van der Waals surface area contributed by atoms with Crippen LogP contribution in [0.15, 0.2) is 22.8 Å². The number of halogens is 1. The number of pyridine rings is 1. The van der Waals surface area contributed by atoms with Crippen molar-refractivity contribution in [2.24, 2.45) is 0 Å². The molecule has 0 atom stereocenters. The highest BCUT2D eigenvalue weighted by atomic mass is 79.9. The lowest BCUT2D eigenvalue weighted by Crippen LogP contribution is -2.17. The lowest BCUT2D eigenvalue weighted by Gasteiger charge is -2.11. The number of aromatic nitrogens is 3. The molecule has 3 rings (SSSR count). The molecule has 0 unspecified atom stereocenters. The lowest BCUT2D eigenvalue weighted by molar-refractivity contribution is 0.102. The Morgan fingerprint density at radius 1 is 1.29 bits per heavy atom. The fourth-order valence-electron chi connectivity index (χ4n) is 2.52. The van der Waals surface area contributed by atoms with Crippen LogP contribution in [0.1, 0.15) is 32.9 Å². The molecule has 0 radical (unpaired) electrons. The predicted octanol–water partition coefficient (Wildman–Crippen LogP) is 3.77. The molecule has 1 aromatic carbocycles. The molecule has 7 heteroatoms. The highest BCUT2D eigenvalue weighted by Gasteiger charge is 2.18. The molecule has 0 spiro atoms. The smallest absolute Gasteiger partial charge is 0.274 e. The average Bonchev–Trinajstić information content (AvgIpc) is 2.92. The number of anilines is 1. The second-order valence-corrected chi connectivity index (χ2v) is 6.27. The Morgan fingerprint density at radius 2 is 2.04 bits per heavy atom. The maximum absolute atomic E-state index is 12.6. The van der Waals surface area contributed by atoms with Crippen molar-refractivity contribution in [1.29, 1.82) is 5.26 Å². The van der Waals surface area contributed by atoms with Gasteiger partial charge in [0.05, 0.1) is 11.1 Å². The second-order valence-electron chi connectivity index (χ2n) is 5.52. The third kappa shape index (κ3) is 2.65. The Labute approximate surface area is 147 Å². The summed E-state index contributed by atoms with van der Waals surface area (Å²) in [6, 6.07) is 7.60. The van der Waals surface area contributed by atoms with Gasteiger partial charge in [-0.3, -0.25) is 9.89 Å². The van der Waals surface area contributed by atoms with Crippen molar-refractivity contribution < 1.29 is 4.79 Å². The molecule has 0 aliphatic rings. The van der Waals surface area contributed by atoms with E-state index in [0.29, 0.717) is 27.1 Å². The lowest BCUT2D eigenvalue weighted by atomic mass is 10.0. The second kappa shape index (κ2) is 6.06. The number of amides is 1. The fourth-order valence-corrected chi connectivity index (χ4v) is 3.08. The maximum Gasteiger partial charge on any atom is 0.274 e. The molecule has 0 bridgehead atoms. The molecular formula is C17H14BrN5O. The zero-order chi connectivity index (χ0) is 17.4. The Bertz CT molecular complexity index is 1020. The van der Waals surface area contributed by atoms with Gasteiger partial charge in [0.2, 0.25) is 0 Å². The highest BCUT2D eigenvalue weighted by molar-refractivity contribution is 9.10. The molecule has 2 aromatic heterocycles. The van der Waals surface area contributed by atoms with Gasteiger partial charge in [0.1, 0.15) is 16.4 Å². The first-order valence-corrected chi connectivity index (χ1v) is 8.04. The number of nitrogens with zero attached hydrogens (tertiary/aromatic N) is 3. The van der Waals surface area contributed by atoms with E-state index >= 15 is 0 Å². The summed E-state index contributed by atoms with van der Waals surface area (Å²) in [4.78, 5) is 16.8. The molecule has 2 N–H and O–H groups in total. The number of rotatable bonds is 2. The van der Waals surface area contributed by atoms with Crippen LogP contribution >= 0.6 is 15.9 Å². The number of carbonyl (C=O) groups excluding carboxylic acids is 1. The first-order chi connectivity index (χ1) is 11.4. The summed E-state index contributed by atoms with van der Waals surface area (Å²) in [5, 5.41) is 20.1. The first kappa shape index (κ1) is 16.1. The number of nitriles is 1. The Hall–Kier alpha value is -2.72. The van der Waals surface area contributed by atoms with E-state index in [9.17, 15) is 4.79 Å². The van der Waals surface area contributed by atoms with Gasteiger partial charge >= 0.3 is 0 Å². The summed E-state index contributed by atoms with van der Waals surface area (Å²) in [7, 11) is 0. The Morgan fingerprint density at radius 3 is 2.75 bits per heavy atom. The number of H-pyrrole nitrogens is 1. The summed E-state index contributed by atoms with van der Waals surface area (Å²) in [6.45, 7) is 5.51. The van der Waals surface area contributed by atoms with Gasteiger partial charge in [0.25, 0.3) is 5.91 Å². The monoisotopic (exact) mass is 383 g/mol. The Kier molecular flexibility index (Phi) is 4.08. The fraction of sp³-hybridized carbons (Fsp3) is 0.176. The third-order valence-corrected chi connectivity index (χ3v) is 4.61. The van der Waals surface area contributed by atoms with E-state index in [1.165, 1.54) is 0 Å². The summed E-state index contributed by atoms with van der Waals surface area (Å²) >= 11 is 3.26. The van der Waals surface area contributed by atoms with E-state index in [1.54, 1.807) is 19.9 Å². The minimum atomic E-state index is -0.318. The van der Waals surface area contributed by atoms with Gasteiger partial charge in [-0.1, -0.05) is 0 Å². The van der Waals surface area contributed by atoms with Crippen molar-refractivity contribution in [2.45, 2.75) is 20.8 Å². The van der Waals surface area contributed by atoms with Gasteiger partial charge in [0.15, 0.2) is 0 Å². The molecular weight excluding hydrogens is 370 g/mol. The van der Waals surface area contributed by atoms with Crippen molar-refractivity contribution in [3.8, 4) is 6.07 Å². The summed E-state index contributed by atoms with van der Waals surface area (Å²) in [6.07, 6.45) is 0. The van der Waals surface area contributed by atoms with Gasteiger partial charge in [0, 0.05) is 16.8 Å². The van der Waals surface area contributed by atoms with Crippen LogP contribution in [0.5, 0.6) is 0 Å². The van der Waals surface area contributed by atoms with E-state index in [0.717, 1.165) is 22.2 Å². The van der Waals surface area contributed by atoms with Gasteiger partial charge in [-0.2, -0.15) is 10.4 Å². The zero-order valence-electron chi connectivity index (χ0n) is 13.4. The zero-order valence-corrected chi connectivity index (χ0v) is 14.9. The Balaban J connectivity index is 1.97. The summed E-state index contributed by atoms with van der Waals surface area (Å²) in [5.74, 6) is -0.318. The van der Waals surface area contributed by atoms with Gasteiger partial charge in [-0.25, -0.2) is 4.98 Å². The molecule has 0 fully saturated rings. The van der Waals surface area contributed by atoms with Crippen LogP contribution in [0.3, 0.4) is 0 Å². The first-order valence-electron chi connectivity index (χ1n) is 7.25. The molecule has 0 aliphatic carbocycles. The minimum absolute atomic E-state index is 0.294. The van der Waals surface area contributed by atoms with Crippen molar-refractivity contribution in [3.05, 3.63) is 50.9 Å². The predicted molar refractivity (Wildman–Crippen MR) is 94.9 cm³/mol. The van der Waals surface area contributed by atoms with Gasteiger partial charge in [-0.15, -0.1) is 0 Å². The molecule has 1 amide bonds. The SMILES string of the molecule is Cc1c(C(=O)Nc2ccc3n[nH]c(C)c3c2)nc(Br)c(C#N)c1C. The quantitative estimate of drug-likeness (QED) is 0.658. The topological polar surface area (TPSA) is 94.5 Å². The molecule has 2 heterocycles. The average molecular weight is 384 g/mol. The number of benzene rings is 1. The van der Waals surface area contributed by atoms with Crippen LogP contribution in [0.25, 0.3) is 10.9 Å². The van der Waals surface area contributed by atoms with E-state index in [4.69, 9.17) is 5.26 Å². The van der Waals surface area contributed by atoms with Crippen LogP contribution in [-0.2, 0) is 0 Å². The van der Waals surface area contributed by atoms with Crippen LogP contribution in [0.4, 0.5) is 5.69 Å².